The van der Waals surface area contributed by atoms with Gasteiger partial charge in [0.2, 0.25) is 0 Å². The number of aromatic nitrogens is 1. The number of rotatable bonds is 8. The summed E-state index contributed by atoms with van der Waals surface area (Å²) in [5.41, 5.74) is 3.98. The number of benzene rings is 4. The fraction of sp³-hybridized carbons (Fsp3) is 0.111. The lowest BCUT2D eigenvalue weighted by molar-refractivity contribution is -0.138. The molecule has 0 saturated heterocycles. The third-order valence-corrected chi connectivity index (χ3v) is 9.19. The highest BCUT2D eigenvalue weighted by atomic mass is 79.9. The standard InChI is InChI=1S/C36H25BrClN3O4S/c1-2-44-35(43)31-32(23-8-4-3-5-9-23)40-36-41(33(31)24-13-15-27(38)16-14-24)34(42)30(46-36)19-22-12-17-29(28(37)18-22)45-21-26-11-7-6-10-25(26)20-39/h3-19,33H,2,21H2,1H3/b30-19-/t33-/m1/s1. The van der Waals surface area contributed by atoms with Crippen LogP contribution in [0.3, 0.4) is 0 Å². The second kappa shape index (κ2) is 13.7. The van der Waals surface area contributed by atoms with Gasteiger partial charge in [0.1, 0.15) is 12.4 Å². The molecule has 46 heavy (non-hydrogen) atoms. The Labute approximate surface area is 282 Å². The Morgan fingerprint density at radius 3 is 2.52 bits per heavy atom. The van der Waals surface area contributed by atoms with Crippen molar-refractivity contribution in [1.29, 1.82) is 5.26 Å². The minimum atomic E-state index is -0.788. The quantitative estimate of drug-likeness (QED) is 0.165. The van der Waals surface area contributed by atoms with Crippen LogP contribution in [0, 0.1) is 11.3 Å². The maximum absolute atomic E-state index is 14.1. The molecule has 0 radical (unpaired) electrons. The Morgan fingerprint density at radius 1 is 1.07 bits per heavy atom. The van der Waals surface area contributed by atoms with Gasteiger partial charge in [0, 0.05) is 16.1 Å². The van der Waals surface area contributed by atoms with Crippen LogP contribution in [0.5, 0.6) is 5.75 Å². The van der Waals surface area contributed by atoms with E-state index >= 15 is 0 Å². The molecule has 0 saturated carbocycles. The Bertz CT molecular complexity index is 2200. The van der Waals surface area contributed by atoms with E-state index in [1.807, 2.05) is 78.9 Å². The number of carbonyl (C=O) groups excluding carboxylic acids is 1. The van der Waals surface area contributed by atoms with E-state index in [4.69, 9.17) is 26.1 Å². The molecule has 0 spiro atoms. The second-order valence-electron chi connectivity index (χ2n) is 10.2. The Morgan fingerprint density at radius 2 is 1.80 bits per heavy atom. The Hall–Kier alpha value is -4.75. The van der Waals surface area contributed by atoms with E-state index in [9.17, 15) is 14.9 Å². The highest BCUT2D eigenvalue weighted by Crippen LogP contribution is 2.35. The van der Waals surface area contributed by atoms with Crippen LogP contribution in [0.2, 0.25) is 5.02 Å². The van der Waals surface area contributed by atoms with E-state index in [1.165, 1.54) is 11.3 Å². The summed E-state index contributed by atoms with van der Waals surface area (Å²) in [6, 6.07) is 30.7. The minimum Gasteiger partial charge on any atom is -0.488 e. The summed E-state index contributed by atoms with van der Waals surface area (Å²) < 4.78 is 14.2. The van der Waals surface area contributed by atoms with Gasteiger partial charge in [-0.25, -0.2) is 9.79 Å². The number of fused-ring (bicyclic) bond motifs is 1. The largest absolute Gasteiger partial charge is 0.488 e. The van der Waals surface area contributed by atoms with Crippen LogP contribution in [0.15, 0.2) is 117 Å². The number of carbonyl (C=O) groups is 1. The maximum atomic E-state index is 14.1. The molecule has 228 valence electrons. The van der Waals surface area contributed by atoms with Gasteiger partial charge >= 0.3 is 5.97 Å². The van der Waals surface area contributed by atoms with Crippen molar-refractivity contribution in [2.75, 3.05) is 6.61 Å². The predicted molar refractivity (Wildman–Crippen MR) is 182 cm³/mol. The van der Waals surface area contributed by atoms with Crippen LogP contribution in [0.25, 0.3) is 11.8 Å². The number of thiazole rings is 1. The third kappa shape index (κ3) is 6.33. The van der Waals surface area contributed by atoms with Crippen molar-refractivity contribution in [2.24, 2.45) is 4.99 Å². The van der Waals surface area contributed by atoms with Crippen LogP contribution in [0.1, 0.15) is 40.8 Å². The summed E-state index contributed by atoms with van der Waals surface area (Å²) in [5, 5.41) is 9.91. The van der Waals surface area contributed by atoms with Gasteiger partial charge in [0.05, 0.1) is 44.6 Å². The number of nitriles is 1. The van der Waals surface area contributed by atoms with E-state index in [-0.39, 0.29) is 24.3 Å². The molecule has 0 unspecified atom stereocenters. The number of hydrogen-bond donors (Lipinski definition) is 0. The normalized spacial score (nSPS) is 14.3. The average molecular weight is 711 g/mol. The first-order valence-electron chi connectivity index (χ1n) is 14.3. The molecule has 6 rings (SSSR count). The molecular weight excluding hydrogens is 686 g/mol. The number of ether oxygens (including phenoxy) is 2. The molecule has 7 nitrogen and oxygen atoms in total. The molecule has 2 heterocycles. The van der Waals surface area contributed by atoms with Crippen molar-refractivity contribution >= 4 is 56.6 Å². The molecule has 0 aliphatic carbocycles. The first kappa shape index (κ1) is 31.2. The molecular formula is C36H25BrClN3O4S. The number of esters is 1. The van der Waals surface area contributed by atoms with Crippen LogP contribution < -0.4 is 19.6 Å². The molecule has 1 aromatic heterocycles. The highest BCUT2D eigenvalue weighted by molar-refractivity contribution is 9.10. The van der Waals surface area contributed by atoms with E-state index in [0.717, 1.165) is 16.7 Å². The topological polar surface area (TPSA) is 93.7 Å². The van der Waals surface area contributed by atoms with Crippen LogP contribution in [-0.4, -0.2) is 17.1 Å². The van der Waals surface area contributed by atoms with E-state index in [1.54, 1.807) is 35.8 Å². The van der Waals surface area contributed by atoms with Crippen molar-refractivity contribution in [3.05, 3.63) is 160 Å². The first-order valence-corrected chi connectivity index (χ1v) is 16.3. The molecule has 0 fully saturated rings. The van der Waals surface area contributed by atoms with E-state index < -0.39 is 12.0 Å². The van der Waals surface area contributed by atoms with Crippen LogP contribution >= 0.6 is 38.9 Å². The van der Waals surface area contributed by atoms with Crippen LogP contribution in [0.4, 0.5) is 0 Å². The zero-order valence-corrected chi connectivity index (χ0v) is 27.6. The van der Waals surface area contributed by atoms with E-state index in [2.05, 4.69) is 22.0 Å². The van der Waals surface area contributed by atoms with Crippen molar-refractivity contribution in [1.82, 2.24) is 4.57 Å². The molecule has 0 N–H and O–H groups in total. The molecule has 10 heteroatoms. The molecule has 0 bridgehead atoms. The summed E-state index contributed by atoms with van der Waals surface area (Å²) in [4.78, 5) is 33.0. The van der Waals surface area contributed by atoms with Gasteiger partial charge in [-0.1, -0.05) is 89.7 Å². The van der Waals surface area contributed by atoms with Crippen molar-refractivity contribution in [3.63, 3.8) is 0 Å². The molecule has 1 aliphatic rings. The first-order chi connectivity index (χ1) is 22.4. The Balaban J connectivity index is 1.45. The summed E-state index contributed by atoms with van der Waals surface area (Å²) in [7, 11) is 0. The zero-order valence-electron chi connectivity index (χ0n) is 24.4. The fourth-order valence-electron chi connectivity index (χ4n) is 5.19. The van der Waals surface area contributed by atoms with E-state index in [0.29, 0.717) is 41.4 Å². The molecule has 5 aromatic rings. The summed E-state index contributed by atoms with van der Waals surface area (Å²) in [6.07, 6.45) is 1.79. The second-order valence-corrected chi connectivity index (χ2v) is 12.5. The van der Waals surface area contributed by atoms with Gasteiger partial charge < -0.3 is 9.47 Å². The monoisotopic (exact) mass is 709 g/mol. The fourth-order valence-corrected chi connectivity index (χ4v) is 6.82. The van der Waals surface area contributed by atoms with Crippen molar-refractivity contribution in [2.45, 2.75) is 19.6 Å². The van der Waals surface area contributed by atoms with Gasteiger partial charge in [-0.15, -0.1) is 0 Å². The van der Waals surface area contributed by atoms with Crippen molar-refractivity contribution < 1.29 is 14.3 Å². The van der Waals surface area contributed by atoms with Gasteiger partial charge in [0.25, 0.3) is 5.56 Å². The number of halogens is 2. The predicted octanol–water partition coefficient (Wildman–Crippen LogP) is 6.80. The average Bonchev–Trinajstić information content (AvgIpc) is 3.38. The summed E-state index contributed by atoms with van der Waals surface area (Å²) in [6.45, 7) is 2.14. The van der Waals surface area contributed by atoms with Crippen molar-refractivity contribution in [3.8, 4) is 11.8 Å². The molecule has 1 atom stereocenters. The molecule has 4 aromatic carbocycles. The summed E-state index contributed by atoms with van der Waals surface area (Å²) in [5.74, 6) is 0.0527. The van der Waals surface area contributed by atoms with Gasteiger partial charge in [0.15, 0.2) is 4.80 Å². The molecule has 1 aliphatic heterocycles. The lowest BCUT2D eigenvalue weighted by Gasteiger charge is -2.25. The minimum absolute atomic E-state index is 0.168. The maximum Gasteiger partial charge on any atom is 0.338 e. The summed E-state index contributed by atoms with van der Waals surface area (Å²) >= 11 is 11.0. The number of hydrogen-bond acceptors (Lipinski definition) is 7. The van der Waals surface area contributed by atoms with Gasteiger partial charge in [-0.3, -0.25) is 9.36 Å². The Kier molecular flexibility index (Phi) is 9.31. The number of nitrogens with zero attached hydrogens (tertiary/aromatic N) is 3. The third-order valence-electron chi connectivity index (χ3n) is 7.33. The molecule has 0 amide bonds. The zero-order chi connectivity index (χ0) is 32.2. The lowest BCUT2D eigenvalue weighted by Crippen LogP contribution is -2.40. The van der Waals surface area contributed by atoms with Gasteiger partial charge in [-0.05, 0) is 70.4 Å². The SMILES string of the molecule is CCOC(=O)C1=C(c2ccccc2)N=c2s/c(=C\c3ccc(OCc4ccccc4C#N)c(Br)c3)c(=O)n2[C@@H]1c1ccc(Cl)cc1. The smallest absolute Gasteiger partial charge is 0.338 e. The van der Waals surface area contributed by atoms with Gasteiger partial charge in [-0.2, -0.15) is 5.26 Å². The lowest BCUT2D eigenvalue weighted by atomic mass is 9.93. The van der Waals surface area contributed by atoms with Crippen LogP contribution in [-0.2, 0) is 16.1 Å². The highest BCUT2D eigenvalue weighted by Gasteiger charge is 2.35.